The minimum absolute atomic E-state index is 1.20. The molecule has 0 aromatic heterocycles. The summed E-state index contributed by atoms with van der Waals surface area (Å²) in [4.78, 5) is 1.36. The summed E-state index contributed by atoms with van der Waals surface area (Å²) < 4.78 is 0. The Kier molecular flexibility index (Phi) is 4.27. The summed E-state index contributed by atoms with van der Waals surface area (Å²) in [6, 6.07) is 17.4. The summed E-state index contributed by atoms with van der Waals surface area (Å²) in [5, 5.41) is 0. The van der Waals surface area contributed by atoms with Crippen molar-refractivity contribution in [2.45, 2.75) is 25.2 Å². The molecule has 0 fully saturated rings. The molecule has 2 aromatic rings. The van der Waals surface area contributed by atoms with Crippen LogP contribution in [0.5, 0.6) is 0 Å². The fourth-order valence-electron chi connectivity index (χ4n) is 1.85. The van der Waals surface area contributed by atoms with Crippen molar-refractivity contribution in [1.82, 2.24) is 0 Å². The number of hydrogen-bond acceptors (Lipinski definition) is 1. The van der Waals surface area contributed by atoms with Crippen LogP contribution in [0.2, 0.25) is 0 Å². The van der Waals surface area contributed by atoms with Gasteiger partial charge in [0.25, 0.3) is 0 Å². The van der Waals surface area contributed by atoms with Gasteiger partial charge in [-0.1, -0.05) is 43.3 Å². The Labute approximate surface area is 108 Å². The van der Waals surface area contributed by atoms with Crippen molar-refractivity contribution >= 4 is 11.8 Å². The number of thioether (sulfide) groups is 1. The summed E-state index contributed by atoms with van der Waals surface area (Å²) in [5.41, 5.74) is 3.98. The van der Waals surface area contributed by atoms with E-state index < -0.39 is 0 Å². The van der Waals surface area contributed by atoms with Crippen molar-refractivity contribution < 1.29 is 0 Å². The van der Waals surface area contributed by atoms with Crippen LogP contribution >= 0.6 is 11.8 Å². The molecule has 0 aliphatic carbocycles. The minimum Gasteiger partial charge on any atom is -0.126 e. The van der Waals surface area contributed by atoms with Crippen molar-refractivity contribution in [2.24, 2.45) is 0 Å². The Morgan fingerprint density at radius 3 is 2.29 bits per heavy atom. The van der Waals surface area contributed by atoms with Gasteiger partial charge < -0.3 is 0 Å². The number of rotatable bonds is 4. The van der Waals surface area contributed by atoms with Gasteiger partial charge in [-0.3, -0.25) is 0 Å². The molecule has 2 aromatic carbocycles. The van der Waals surface area contributed by atoms with Gasteiger partial charge in [0.05, 0.1) is 0 Å². The first kappa shape index (κ1) is 12.3. The third kappa shape index (κ3) is 3.13. The first-order valence-corrected chi connectivity index (χ1v) is 7.08. The fourth-order valence-corrected chi connectivity index (χ4v) is 2.62. The molecule has 0 amide bonds. The summed E-state index contributed by atoms with van der Waals surface area (Å²) in [6.45, 7) is 4.38. The molecule has 0 saturated carbocycles. The fraction of sp³-hybridized carbons (Fsp3) is 0.250. The predicted octanol–water partition coefficient (Wildman–Crippen LogP) is 5.16. The number of hydrogen-bond donors (Lipinski definition) is 0. The van der Waals surface area contributed by atoms with Crippen molar-refractivity contribution in [2.75, 3.05) is 5.75 Å². The molecule has 88 valence electrons. The first-order valence-electron chi connectivity index (χ1n) is 6.10. The van der Waals surface area contributed by atoms with E-state index in [1.807, 2.05) is 11.8 Å². The largest absolute Gasteiger partial charge is 0.126 e. The molecule has 0 unspecified atom stereocenters. The average Bonchev–Trinajstić information content (AvgIpc) is 2.38. The van der Waals surface area contributed by atoms with E-state index in [1.165, 1.54) is 33.8 Å². The SMILES string of the molecule is CCCSc1ccc(-c2ccccc2C)cc1. The second-order valence-electron chi connectivity index (χ2n) is 4.19. The average molecular weight is 242 g/mol. The Morgan fingerprint density at radius 1 is 0.941 bits per heavy atom. The normalized spacial score (nSPS) is 10.5. The maximum Gasteiger partial charge on any atom is 0.00723 e. The highest BCUT2D eigenvalue weighted by Crippen LogP contribution is 2.26. The van der Waals surface area contributed by atoms with Crippen LogP contribution < -0.4 is 0 Å². The van der Waals surface area contributed by atoms with E-state index in [9.17, 15) is 0 Å². The maximum atomic E-state index is 2.22. The van der Waals surface area contributed by atoms with Crippen LogP contribution in [0.25, 0.3) is 11.1 Å². The lowest BCUT2D eigenvalue weighted by atomic mass is 10.0. The van der Waals surface area contributed by atoms with Gasteiger partial charge in [0.15, 0.2) is 0 Å². The molecule has 2 rings (SSSR count). The van der Waals surface area contributed by atoms with Gasteiger partial charge in [-0.2, -0.15) is 0 Å². The second kappa shape index (κ2) is 5.92. The Balaban J connectivity index is 2.21. The van der Waals surface area contributed by atoms with Crippen LogP contribution in [0.1, 0.15) is 18.9 Å². The van der Waals surface area contributed by atoms with Crippen LogP contribution in [-0.4, -0.2) is 5.75 Å². The highest BCUT2D eigenvalue weighted by molar-refractivity contribution is 7.99. The second-order valence-corrected chi connectivity index (χ2v) is 5.36. The quantitative estimate of drug-likeness (QED) is 0.667. The minimum atomic E-state index is 1.20. The molecular weight excluding hydrogens is 224 g/mol. The summed E-state index contributed by atoms with van der Waals surface area (Å²) in [5.74, 6) is 1.20. The summed E-state index contributed by atoms with van der Waals surface area (Å²) in [6.07, 6.45) is 1.23. The predicted molar refractivity (Wildman–Crippen MR) is 77.6 cm³/mol. The smallest absolute Gasteiger partial charge is 0.00723 e. The zero-order valence-corrected chi connectivity index (χ0v) is 11.3. The Morgan fingerprint density at radius 2 is 1.65 bits per heavy atom. The van der Waals surface area contributed by atoms with Crippen LogP contribution in [-0.2, 0) is 0 Å². The van der Waals surface area contributed by atoms with Crippen molar-refractivity contribution in [3.05, 3.63) is 54.1 Å². The van der Waals surface area contributed by atoms with Gasteiger partial charge >= 0.3 is 0 Å². The third-order valence-corrected chi connectivity index (χ3v) is 4.00. The molecule has 0 saturated heterocycles. The standard InChI is InChI=1S/C16H18S/c1-3-12-17-15-10-8-14(9-11-15)16-7-5-4-6-13(16)2/h4-11H,3,12H2,1-2H3. The van der Waals surface area contributed by atoms with Gasteiger partial charge in [-0.25, -0.2) is 0 Å². The lowest BCUT2D eigenvalue weighted by Gasteiger charge is -2.06. The molecule has 0 atom stereocenters. The molecule has 0 N–H and O–H groups in total. The highest BCUT2D eigenvalue weighted by Gasteiger charge is 2.00. The molecule has 0 radical (unpaired) electrons. The molecule has 0 aliphatic rings. The maximum absolute atomic E-state index is 2.22. The Bertz CT molecular complexity index is 471. The molecule has 0 spiro atoms. The van der Waals surface area contributed by atoms with Gasteiger partial charge in [0.2, 0.25) is 0 Å². The molecule has 1 heteroatoms. The van der Waals surface area contributed by atoms with Crippen LogP contribution in [0.3, 0.4) is 0 Å². The van der Waals surface area contributed by atoms with E-state index in [-0.39, 0.29) is 0 Å². The monoisotopic (exact) mass is 242 g/mol. The number of aryl methyl sites for hydroxylation is 1. The summed E-state index contributed by atoms with van der Waals surface area (Å²) in [7, 11) is 0. The number of benzene rings is 2. The first-order chi connectivity index (χ1) is 8.31. The molecular formula is C16H18S. The molecule has 0 bridgehead atoms. The summed E-state index contributed by atoms with van der Waals surface area (Å²) >= 11 is 1.93. The zero-order valence-electron chi connectivity index (χ0n) is 10.4. The van der Waals surface area contributed by atoms with Crippen molar-refractivity contribution in [3.63, 3.8) is 0 Å². The van der Waals surface area contributed by atoms with Crippen molar-refractivity contribution in [3.8, 4) is 11.1 Å². The van der Waals surface area contributed by atoms with Crippen LogP contribution in [0.4, 0.5) is 0 Å². The van der Waals surface area contributed by atoms with Crippen LogP contribution in [0, 0.1) is 6.92 Å². The van der Waals surface area contributed by atoms with Crippen LogP contribution in [0.15, 0.2) is 53.4 Å². The molecule has 0 aliphatic heterocycles. The van der Waals surface area contributed by atoms with E-state index in [4.69, 9.17) is 0 Å². The highest BCUT2D eigenvalue weighted by atomic mass is 32.2. The Hall–Kier alpha value is -1.21. The molecule has 0 nitrogen and oxygen atoms in total. The van der Waals surface area contributed by atoms with Gasteiger partial charge in [0, 0.05) is 4.90 Å². The zero-order chi connectivity index (χ0) is 12.1. The molecule has 17 heavy (non-hydrogen) atoms. The van der Waals surface area contributed by atoms with E-state index >= 15 is 0 Å². The third-order valence-electron chi connectivity index (χ3n) is 2.78. The van der Waals surface area contributed by atoms with E-state index in [2.05, 4.69) is 62.4 Å². The van der Waals surface area contributed by atoms with E-state index in [0.717, 1.165) is 0 Å². The lowest BCUT2D eigenvalue weighted by molar-refractivity contribution is 1.10. The molecule has 0 heterocycles. The topological polar surface area (TPSA) is 0 Å². The van der Waals surface area contributed by atoms with Gasteiger partial charge in [-0.15, -0.1) is 11.8 Å². The van der Waals surface area contributed by atoms with Gasteiger partial charge in [-0.05, 0) is 47.9 Å². The van der Waals surface area contributed by atoms with Gasteiger partial charge in [0.1, 0.15) is 0 Å². The van der Waals surface area contributed by atoms with E-state index in [0.29, 0.717) is 0 Å². The lowest BCUT2D eigenvalue weighted by Crippen LogP contribution is -1.82. The van der Waals surface area contributed by atoms with Crippen molar-refractivity contribution in [1.29, 1.82) is 0 Å². The van der Waals surface area contributed by atoms with E-state index in [1.54, 1.807) is 0 Å².